The maximum Gasteiger partial charge on any atom is 0.306 e. The Morgan fingerprint density at radius 3 is 1.61 bits per heavy atom. The van der Waals surface area contributed by atoms with Gasteiger partial charge in [-0.2, -0.15) is 0 Å². The highest BCUT2D eigenvalue weighted by Crippen LogP contribution is 2.35. The molecular weight excluding hydrogens is 232 g/mol. The van der Waals surface area contributed by atoms with Gasteiger partial charge in [0.15, 0.2) is 0 Å². The van der Waals surface area contributed by atoms with E-state index in [0.29, 0.717) is 26.1 Å². The average molecular weight is 256 g/mol. The van der Waals surface area contributed by atoms with Crippen LogP contribution in [0.5, 0.6) is 0 Å². The predicted molar refractivity (Wildman–Crippen MR) is 67.9 cm³/mol. The normalized spacial score (nSPS) is 23.4. The third-order valence-corrected chi connectivity index (χ3v) is 3.53. The Bertz CT molecular complexity index is 247. The highest BCUT2D eigenvalue weighted by molar-refractivity contribution is 5.71. The molecule has 0 spiro atoms. The molecule has 1 aliphatic carbocycles. The maximum atomic E-state index is 11.5. The number of ether oxygens (including phenoxy) is 2. The van der Waals surface area contributed by atoms with Crippen LogP contribution in [0.2, 0.25) is 0 Å². The maximum absolute atomic E-state index is 11.5. The van der Waals surface area contributed by atoms with Gasteiger partial charge >= 0.3 is 11.9 Å². The topological polar surface area (TPSA) is 52.6 Å². The van der Waals surface area contributed by atoms with Crippen molar-refractivity contribution in [3.05, 3.63) is 0 Å². The van der Waals surface area contributed by atoms with Crippen molar-refractivity contribution in [3.8, 4) is 0 Å². The predicted octanol–water partition coefficient (Wildman–Crippen LogP) is 2.70. The van der Waals surface area contributed by atoms with Crippen molar-refractivity contribution in [2.24, 2.45) is 11.8 Å². The first kappa shape index (κ1) is 15.0. The summed E-state index contributed by atoms with van der Waals surface area (Å²) in [6, 6.07) is 0. The lowest BCUT2D eigenvalue weighted by Crippen LogP contribution is -2.26. The summed E-state index contributed by atoms with van der Waals surface area (Å²) in [7, 11) is 0. The van der Waals surface area contributed by atoms with Gasteiger partial charge in [-0.15, -0.1) is 0 Å². The zero-order valence-electron chi connectivity index (χ0n) is 11.4. The van der Waals surface area contributed by atoms with Crippen molar-refractivity contribution in [2.45, 2.75) is 52.4 Å². The molecule has 1 fully saturated rings. The van der Waals surface area contributed by atoms with Crippen LogP contribution < -0.4 is 0 Å². The Labute approximate surface area is 109 Å². The van der Waals surface area contributed by atoms with E-state index in [1.165, 1.54) is 0 Å². The summed E-state index contributed by atoms with van der Waals surface area (Å²) in [5, 5.41) is 0. The third-order valence-electron chi connectivity index (χ3n) is 3.53. The highest BCUT2D eigenvalue weighted by atomic mass is 16.5. The summed E-state index contributed by atoms with van der Waals surface area (Å²) in [4.78, 5) is 23.1. The van der Waals surface area contributed by atoms with Crippen LogP contribution in [-0.4, -0.2) is 25.2 Å². The summed E-state index contributed by atoms with van der Waals surface area (Å²) in [6.07, 6.45) is 5.20. The van der Waals surface area contributed by atoms with Gasteiger partial charge in [0, 0.05) is 12.8 Å². The van der Waals surface area contributed by atoms with Gasteiger partial charge in [0.25, 0.3) is 0 Å². The second-order valence-electron chi connectivity index (χ2n) is 4.82. The quantitative estimate of drug-likeness (QED) is 0.686. The van der Waals surface area contributed by atoms with E-state index in [2.05, 4.69) is 0 Å². The molecule has 1 rings (SSSR count). The number of rotatable bonds is 6. The molecule has 0 saturated heterocycles. The minimum atomic E-state index is -0.141. The van der Waals surface area contributed by atoms with Gasteiger partial charge in [0.05, 0.1) is 13.2 Å². The third kappa shape index (κ3) is 5.07. The molecule has 18 heavy (non-hydrogen) atoms. The standard InChI is InChI=1S/C14H24O4/c1-3-17-13(15)9-11-7-5-6-8-12(11)10-14(16)18-4-2/h11-12H,3-10H2,1-2H3/t11-,12+. The van der Waals surface area contributed by atoms with E-state index in [1.54, 1.807) is 0 Å². The molecule has 0 aliphatic heterocycles. The van der Waals surface area contributed by atoms with Crippen LogP contribution in [-0.2, 0) is 19.1 Å². The van der Waals surface area contributed by atoms with Crippen molar-refractivity contribution < 1.29 is 19.1 Å². The molecular formula is C14H24O4. The molecule has 0 aromatic carbocycles. The second kappa shape index (κ2) is 8.11. The molecule has 0 aromatic rings. The van der Waals surface area contributed by atoms with Gasteiger partial charge in [-0.05, 0) is 38.5 Å². The molecule has 4 heteroatoms. The van der Waals surface area contributed by atoms with Crippen molar-refractivity contribution in [1.82, 2.24) is 0 Å². The molecule has 0 radical (unpaired) electrons. The summed E-state index contributed by atoms with van der Waals surface area (Å²) >= 11 is 0. The van der Waals surface area contributed by atoms with E-state index >= 15 is 0 Å². The van der Waals surface area contributed by atoms with Crippen LogP contribution in [0.4, 0.5) is 0 Å². The van der Waals surface area contributed by atoms with Crippen molar-refractivity contribution in [3.63, 3.8) is 0 Å². The molecule has 104 valence electrons. The molecule has 0 N–H and O–H groups in total. The van der Waals surface area contributed by atoms with Gasteiger partial charge in [0.2, 0.25) is 0 Å². The Kier molecular flexibility index (Phi) is 6.76. The number of hydrogen-bond acceptors (Lipinski definition) is 4. The molecule has 0 heterocycles. The Morgan fingerprint density at radius 2 is 1.28 bits per heavy atom. The summed E-state index contributed by atoms with van der Waals surface area (Å²) < 4.78 is 9.98. The molecule has 4 nitrogen and oxygen atoms in total. The molecule has 1 saturated carbocycles. The molecule has 0 aromatic heterocycles. The monoisotopic (exact) mass is 256 g/mol. The van der Waals surface area contributed by atoms with Crippen LogP contribution in [0.1, 0.15) is 52.4 Å². The number of carbonyl (C=O) groups is 2. The van der Waals surface area contributed by atoms with Crippen molar-refractivity contribution in [2.75, 3.05) is 13.2 Å². The molecule has 0 unspecified atom stereocenters. The summed E-state index contributed by atoms with van der Waals surface area (Å²) in [5.41, 5.74) is 0. The van der Waals surface area contributed by atoms with Crippen LogP contribution >= 0.6 is 0 Å². The van der Waals surface area contributed by atoms with Gasteiger partial charge in [-0.25, -0.2) is 0 Å². The Balaban J connectivity index is 2.46. The average Bonchev–Trinajstić information content (AvgIpc) is 2.32. The lowest BCUT2D eigenvalue weighted by Gasteiger charge is -2.30. The van der Waals surface area contributed by atoms with E-state index < -0.39 is 0 Å². The molecule has 1 aliphatic rings. The Hall–Kier alpha value is -1.06. The van der Waals surface area contributed by atoms with Crippen molar-refractivity contribution in [1.29, 1.82) is 0 Å². The van der Waals surface area contributed by atoms with E-state index in [-0.39, 0.29) is 23.8 Å². The zero-order chi connectivity index (χ0) is 13.4. The molecule has 2 atom stereocenters. The van der Waals surface area contributed by atoms with Gasteiger partial charge in [-0.3, -0.25) is 9.59 Å². The largest absolute Gasteiger partial charge is 0.466 e. The van der Waals surface area contributed by atoms with E-state index in [4.69, 9.17) is 9.47 Å². The second-order valence-corrected chi connectivity index (χ2v) is 4.82. The van der Waals surface area contributed by atoms with Crippen LogP contribution in [0.25, 0.3) is 0 Å². The van der Waals surface area contributed by atoms with Crippen LogP contribution in [0, 0.1) is 11.8 Å². The number of esters is 2. The van der Waals surface area contributed by atoms with E-state index in [1.807, 2.05) is 13.8 Å². The first-order chi connectivity index (χ1) is 8.67. The smallest absolute Gasteiger partial charge is 0.306 e. The molecule has 0 bridgehead atoms. The Morgan fingerprint density at radius 1 is 0.889 bits per heavy atom. The first-order valence-electron chi connectivity index (χ1n) is 6.98. The fourth-order valence-corrected chi connectivity index (χ4v) is 2.69. The van der Waals surface area contributed by atoms with Crippen LogP contribution in [0.3, 0.4) is 0 Å². The van der Waals surface area contributed by atoms with E-state index in [0.717, 1.165) is 25.7 Å². The summed E-state index contributed by atoms with van der Waals surface area (Å²) in [5.74, 6) is 0.279. The highest BCUT2D eigenvalue weighted by Gasteiger charge is 2.29. The van der Waals surface area contributed by atoms with E-state index in [9.17, 15) is 9.59 Å². The number of hydrogen-bond donors (Lipinski definition) is 0. The zero-order valence-corrected chi connectivity index (χ0v) is 11.4. The summed E-state index contributed by atoms with van der Waals surface area (Å²) in [6.45, 7) is 4.48. The SMILES string of the molecule is CCOC(=O)C[C@H]1CCCC[C@H]1CC(=O)OCC. The fraction of sp³-hybridized carbons (Fsp3) is 0.857. The first-order valence-corrected chi connectivity index (χ1v) is 6.98. The lowest BCUT2D eigenvalue weighted by atomic mass is 9.76. The minimum Gasteiger partial charge on any atom is -0.466 e. The lowest BCUT2D eigenvalue weighted by molar-refractivity contribution is -0.148. The van der Waals surface area contributed by atoms with Gasteiger partial charge < -0.3 is 9.47 Å². The van der Waals surface area contributed by atoms with Gasteiger partial charge in [0.1, 0.15) is 0 Å². The molecule has 0 amide bonds. The number of carbonyl (C=O) groups excluding carboxylic acids is 2. The van der Waals surface area contributed by atoms with Crippen LogP contribution in [0.15, 0.2) is 0 Å². The van der Waals surface area contributed by atoms with Gasteiger partial charge in [-0.1, -0.05) is 12.8 Å². The fourth-order valence-electron chi connectivity index (χ4n) is 2.69. The van der Waals surface area contributed by atoms with Crippen molar-refractivity contribution >= 4 is 11.9 Å². The minimum absolute atomic E-state index is 0.141.